The number of halogens is 1. The predicted molar refractivity (Wildman–Crippen MR) is 83.3 cm³/mol. The predicted octanol–water partition coefficient (Wildman–Crippen LogP) is 2.83. The van der Waals surface area contributed by atoms with Crippen molar-refractivity contribution in [1.82, 2.24) is 14.8 Å². The molecule has 1 aliphatic heterocycles. The smallest absolute Gasteiger partial charge is 0.271 e. The Hall–Kier alpha value is -2.15. The second-order valence-electron chi connectivity index (χ2n) is 5.24. The van der Waals surface area contributed by atoms with Gasteiger partial charge in [0.25, 0.3) is 5.69 Å². The molecule has 2 heterocycles. The maximum atomic E-state index is 10.7. The van der Waals surface area contributed by atoms with Crippen molar-refractivity contribution in [1.29, 1.82) is 0 Å². The first-order valence-corrected chi connectivity index (χ1v) is 7.62. The maximum Gasteiger partial charge on any atom is 0.271 e. The van der Waals surface area contributed by atoms with Crippen molar-refractivity contribution in [2.75, 3.05) is 11.9 Å². The Morgan fingerprint density at radius 2 is 2.23 bits per heavy atom. The number of nitro groups is 1. The molecule has 0 spiro atoms. The van der Waals surface area contributed by atoms with E-state index in [1.54, 1.807) is 6.07 Å². The van der Waals surface area contributed by atoms with E-state index in [0.29, 0.717) is 17.3 Å². The first-order valence-electron chi connectivity index (χ1n) is 7.24. The van der Waals surface area contributed by atoms with Crippen LogP contribution in [-0.2, 0) is 19.4 Å². The Labute approximate surface area is 132 Å². The van der Waals surface area contributed by atoms with Gasteiger partial charge in [0, 0.05) is 38.1 Å². The lowest BCUT2D eigenvalue weighted by Gasteiger charge is -2.15. The zero-order valence-corrected chi connectivity index (χ0v) is 12.7. The number of nitrogens with zero attached hydrogens (tertiary/aromatic N) is 4. The minimum absolute atomic E-state index is 0.0120. The summed E-state index contributed by atoms with van der Waals surface area (Å²) in [5.41, 5.74) is 0.674. The van der Waals surface area contributed by atoms with Crippen molar-refractivity contribution in [2.45, 2.75) is 32.2 Å². The molecular formula is C14H16ClN5O2. The number of anilines is 1. The van der Waals surface area contributed by atoms with Gasteiger partial charge >= 0.3 is 0 Å². The van der Waals surface area contributed by atoms with E-state index >= 15 is 0 Å². The summed E-state index contributed by atoms with van der Waals surface area (Å²) in [6, 6.07) is 4.41. The minimum atomic E-state index is -0.460. The zero-order chi connectivity index (χ0) is 15.5. The second-order valence-corrected chi connectivity index (χ2v) is 5.65. The van der Waals surface area contributed by atoms with Gasteiger partial charge in [0.15, 0.2) is 0 Å². The second kappa shape index (κ2) is 6.31. The van der Waals surface area contributed by atoms with Crippen LogP contribution >= 0.6 is 11.6 Å². The molecule has 0 bridgehead atoms. The summed E-state index contributed by atoms with van der Waals surface area (Å²) in [4.78, 5) is 10.2. The molecule has 1 aromatic heterocycles. The summed E-state index contributed by atoms with van der Waals surface area (Å²) in [6.45, 7) is 1.63. The minimum Gasteiger partial charge on any atom is -0.383 e. The van der Waals surface area contributed by atoms with Crippen LogP contribution in [0, 0.1) is 10.1 Å². The Bertz CT molecular complexity index is 701. The Morgan fingerprint density at radius 3 is 3.00 bits per heavy atom. The van der Waals surface area contributed by atoms with E-state index in [4.69, 9.17) is 11.6 Å². The van der Waals surface area contributed by atoms with Gasteiger partial charge in [0.05, 0.1) is 15.6 Å². The van der Waals surface area contributed by atoms with Crippen LogP contribution < -0.4 is 5.32 Å². The normalized spacial score (nSPS) is 13.7. The van der Waals surface area contributed by atoms with Crippen molar-refractivity contribution < 1.29 is 4.92 Å². The first kappa shape index (κ1) is 14.8. The van der Waals surface area contributed by atoms with E-state index in [1.807, 2.05) is 0 Å². The number of nitro benzene ring substituents is 1. The number of non-ortho nitro benzene ring substituents is 1. The molecule has 0 aliphatic carbocycles. The summed E-state index contributed by atoms with van der Waals surface area (Å²) in [6.07, 6.45) is 4.07. The van der Waals surface area contributed by atoms with Crippen molar-refractivity contribution in [3.8, 4) is 0 Å². The fourth-order valence-corrected chi connectivity index (χ4v) is 2.86. The lowest BCUT2D eigenvalue weighted by atomic mass is 10.1. The number of aryl methyl sites for hydroxylation is 1. The number of benzene rings is 1. The largest absolute Gasteiger partial charge is 0.383 e. The molecule has 0 radical (unpaired) electrons. The van der Waals surface area contributed by atoms with Crippen LogP contribution in [0.3, 0.4) is 0 Å². The maximum absolute atomic E-state index is 10.7. The van der Waals surface area contributed by atoms with E-state index < -0.39 is 4.92 Å². The summed E-state index contributed by atoms with van der Waals surface area (Å²) in [5, 5.41) is 22.7. The van der Waals surface area contributed by atoms with Gasteiger partial charge < -0.3 is 9.88 Å². The molecule has 3 rings (SSSR count). The van der Waals surface area contributed by atoms with E-state index in [9.17, 15) is 10.1 Å². The van der Waals surface area contributed by atoms with Crippen molar-refractivity contribution in [3.63, 3.8) is 0 Å². The number of hydrogen-bond donors (Lipinski definition) is 1. The summed E-state index contributed by atoms with van der Waals surface area (Å²) in [5.74, 6) is 2.04. The quantitative estimate of drug-likeness (QED) is 0.676. The molecule has 2 aromatic rings. The van der Waals surface area contributed by atoms with Crippen molar-refractivity contribution >= 4 is 23.0 Å². The fourth-order valence-electron chi connectivity index (χ4n) is 2.62. The summed E-state index contributed by atoms with van der Waals surface area (Å²) in [7, 11) is 0. The molecule has 0 fully saturated rings. The molecule has 0 saturated heterocycles. The molecule has 0 saturated carbocycles. The van der Waals surface area contributed by atoms with E-state index in [0.717, 1.165) is 31.0 Å². The van der Waals surface area contributed by atoms with E-state index in [2.05, 4.69) is 20.1 Å². The lowest BCUT2D eigenvalue weighted by molar-refractivity contribution is -0.384. The summed E-state index contributed by atoms with van der Waals surface area (Å²) >= 11 is 6.05. The molecule has 22 heavy (non-hydrogen) atoms. The standard InChI is InChI=1S/C14H16ClN5O2/c15-11-9-10(20(21)22)4-5-12(11)16-7-6-14-18-17-13-3-1-2-8-19(13)14/h4-5,9,16H,1-3,6-8H2. The highest BCUT2D eigenvalue weighted by molar-refractivity contribution is 6.33. The molecule has 116 valence electrons. The van der Waals surface area contributed by atoms with Crippen LogP contribution in [0.1, 0.15) is 24.5 Å². The number of nitrogens with one attached hydrogen (secondary N) is 1. The van der Waals surface area contributed by atoms with Crippen LogP contribution in [0.4, 0.5) is 11.4 Å². The molecular weight excluding hydrogens is 306 g/mol. The van der Waals surface area contributed by atoms with Gasteiger partial charge in [-0.25, -0.2) is 0 Å². The monoisotopic (exact) mass is 321 g/mol. The van der Waals surface area contributed by atoms with Crippen LogP contribution in [0.15, 0.2) is 18.2 Å². The van der Waals surface area contributed by atoms with Crippen molar-refractivity contribution in [2.24, 2.45) is 0 Å². The van der Waals surface area contributed by atoms with Crippen LogP contribution in [0.5, 0.6) is 0 Å². The zero-order valence-electron chi connectivity index (χ0n) is 12.0. The molecule has 1 aromatic carbocycles. The number of aromatic nitrogens is 3. The first-order chi connectivity index (χ1) is 10.6. The molecule has 0 atom stereocenters. The Balaban J connectivity index is 1.61. The molecule has 8 heteroatoms. The highest BCUT2D eigenvalue weighted by Crippen LogP contribution is 2.26. The third kappa shape index (κ3) is 3.04. The Kier molecular flexibility index (Phi) is 4.24. The lowest BCUT2D eigenvalue weighted by Crippen LogP contribution is -2.15. The average molecular weight is 322 g/mol. The fraction of sp³-hybridized carbons (Fsp3) is 0.429. The number of hydrogen-bond acceptors (Lipinski definition) is 5. The molecule has 7 nitrogen and oxygen atoms in total. The molecule has 1 aliphatic rings. The van der Waals surface area contributed by atoms with Gasteiger partial charge in [-0.3, -0.25) is 10.1 Å². The van der Waals surface area contributed by atoms with Gasteiger partial charge in [-0.2, -0.15) is 0 Å². The molecule has 0 amide bonds. The van der Waals surface area contributed by atoms with Gasteiger partial charge in [0.1, 0.15) is 11.6 Å². The third-order valence-electron chi connectivity index (χ3n) is 3.76. The van der Waals surface area contributed by atoms with E-state index in [-0.39, 0.29) is 5.69 Å². The number of fused-ring (bicyclic) bond motifs is 1. The summed E-state index contributed by atoms with van der Waals surface area (Å²) < 4.78 is 2.18. The van der Waals surface area contributed by atoms with Crippen LogP contribution in [-0.4, -0.2) is 26.2 Å². The SMILES string of the molecule is O=[N+]([O-])c1ccc(NCCc2nnc3n2CCCC3)c(Cl)c1. The highest BCUT2D eigenvalue weighted by Gasteiger charge is 2.15. The van der Waals surface area contributed by atoms with Gasteiger partial charge in [0.2, 0.25) is 0 Å². The topological polar surface area (TPSA) is 85.9 Å². The van der Waals surface area contributed by atoms with Gasteiger partial charge in [-0.1, -0.05) is 11.6 Å². The third-order valence-corrected chi connectivity index (χ3v) is 4.08. The van der Waals surface area contributed by atoms with Gasteiger partial charge in [-0.05, 0) is 18.9 Å². The van der Waals surface area contributed by atoms with Gasteiger partial charge in [-0.15, -0.1) is 10.2 Å². The number of rotatable bonds is 5. The van der Waals surface area contributed by atoms with Crippen LogP contribution in [0.2, 0.25) is 5.02 Å². The molecule has 1 N–H and O–H groups in total. The van der Waals surface area contributed by atoms with Crippen molar-refractivity contribution in [3.05, 3.63) is 45.0 Å². The Morgan fingerprint density at radius 1 is 1.36 bits per heavy atom. The highest BCUT2D eigenvalue weighted by atomic mass is 35.5. The van der Waals surface area contributed by atoms with E-state index in [1.165, 1.54) is 25.0 Å². The van der Waals surface area contributed by atoms with Crippen LogP contribution in [0.25, 0.3) is 0 Å². The average Bonchev–Trinajstić information content (AvgIpc) is 2.92. The molecule has 0 unspecified atom stereocenters.